The largest absolute Gasteiger partial charge is 0.484 e. The van der Waals surface area contributed by atoms with Crippen molar-refractivity contribution in [3.63, 3.8) is 0 Å². The molecule has 7 heteroatoms. The summed E-state index contributed by atoms with van der Waals surface area (Å²) >= 11 is 3.56. The third-order valence-corrected chi connectivity index (χ3v) is 3.72. The van der Waals surface area contributed by atoms with E-state index in [0.717, 1.165) is 15.2 Å². The molecule has 0 saturated carbocycles. The van der Waals surface area contributed by atoms with Crippen molar-refractivity contribution in [2.24, 2.45) is 0 Å². The lowest BCUT2D eigenvalue weighted by Gasteiger charge is -2.10. The van der Waals surface area contributed by atoms with Gasteiger partial charge in [0.25, 0.3) is 0 Å². The Balaban J connectivity index is 1.86. The second kappa shape index (κ2) is 5.53. The molecule has 1 heterocycles. The smallest absolute Gasteiger partial charge is 0.225 e. The molecule has 2 aromatic carbocycles. The standard InChI is InChI=1S/C14H12BrN5O/c15-12-9-4-2-1-3-8(9)5-6-10(12)21-7-11-18-13(16)20-14(17)19-11/h1-6H,7H2,(H4,16,17,18,19,20). The Labute approximate surface area is 129 Å². The van der Waals surface area contributed by atoms with E-state index in [1.54, 1.807) is 0 Å². The molecule has 4 N–H and O–H groups in total. The van der Waals surface area contributed by atoms with Gasteiger partial charge in [0, 0.05) is 0 Å². The van der Waals surface area contributed by atoms with E-state index in [-0.39, 0.29) is 18.5 Å². The molecule has 3 rings (SSSR count). The number of benzene rings is 2. The Hall–Kier alpha value is -2.41. The molecule has 106 valence electrons. The number of nitrogens with two attached hydrogens (primary N) is 2. The highest BCUT2D eigenvalue weighted by Gasteiger charge is 2.08. The number of hydrogen-bond acceptors (Lipinski definition) is 6. The van der Waals surface area contributed by atoms with Gasteiger partial charge in [-0.1, -0.05) is 30.3 Å². The third kappa shape index (κ3) is 2.87. The van der Waals surface area contributed by atoms with E-state index in [4.69, 9.17) is 16.2 Å². The molecule has 6 nitrogen and oxygen atoms in total. The summed E-state index contributed by atoms with van der Waals surface area (Å²) in [6.45, 7) is 0.161. The fraction of sp³-hybridized carbons (Fsp3) is 0.0714. The Morgan fingerprint density at radius 2 is 1.67 bits per heavy atom. The monoisotopic (exact) mass is 345 g/mol. The van der Waals surface area contributed by atoms with Crippen molar-refractivity contribution in [1.82, 2.24) is 15.0 Å². The van der Waals surface area contributed by atoms with Crippen LogP contribution in [0.3, 0.4) is 0 Å². The van der Waals surface area contributed by atoms with Gasteiger partial charge in [-0.2, -0.15) is 15.0 Å². The molecule has 0 saturated heterocycles. The molecule has 0 aliphatic rings. The maximum absolute atomic E-state index is 5.73. The number of anilines is 2. The van der Waals surface area contributed by atoms with Crippen LogP contribution in [0.4, 0.5) is 11.9 Å². The summed E-state index contributed by atoms with van der Waals surface area (Å²) in [5.74, 6) is 1.25. The summed E-state index contributed by atoms with van der Waals surface area (Å²) in [5.41, 5.74) is 11.1. The molecule has 0 radical (unpaired) electrons. The van der Waals surface area contributed by atoms with Crippen molar-refractivity contribution in [3.05, 3.63) is 46.7 Å². The summed E-state index contributed by atoms with van der Waals surface area (Å²) in [6.07, 6.45) is 0. The molecule has 0 aliphatic carbocycles. The summed E-state index contributed by atoms with van der Waals surface area (Å²) < 4.78 is 6.61. The highest BCUT2D eigenvalue weighted by molar-refractivity contribution is 9.10. The SMILES string of the molecule is Nc1nc(N)nc(COc2ccc3ccccc3c2Br)n1. The van der Waals surface area contributed by atoms with E-state index >= 15 is 0 Å². The number of rotatable bonds is 3. The maximum Gasteiger partial charge on any atom is 0.225 e. The zero-order chi connectivity index (χ0) is 14.8. The molecule has 3 aromatic rings. The second-order valence-corrected chi connectivity index (χ2v) is 5.15. The average molecular weight is 346 g/mol. The summed E-state index contributed by atoms with van der Waals surface area (Å²) in [4.78, 5) is 11.7. The van der Waals surface area contributed by atoms with Crippen LogP contribution in [-0.2, 0) is 6.61 Å². The van der Waals surface area contributed by atoms with Crippen molar-refractivity contribution in [1.29, 1.82) is 0 Å². The van der Waals surface area contributed by atoms with Gasteiger partial charge >= 0.3 is 0 Å². The lowest BCUT2D eigenvalue weighted by Crippen LogP contribution is -2.09. The number of ether oxygens (including phenoxy) is 1. The van der Waals surface area contributed by atoms with Crippen LogP contribution < -0.4 is 16.2 Å². The minimum atomic E-state index is 0.0821. The molecule has 0 amide bonds. The summed E-state index contributed by atoms with van der Waals surface area (Å²) in [5, 5.41) is 2.20. The topological polar surface area (TPSA) is 99.9 Å². The third-order valence-electron chi connectivity index (χ3n) is 2.90. The van der Waals surface area contributed by atoms with Gasteiger partial charge in [-0.25, -0.2) is 0 Å². The molecule has 0 aliphatic heterocycles. The van der Waals surface area contributed by atoms with Crippen LogP contribution in [0.15, 0.2) is 40.9 Å². The minimum Gasteiger partial charge on any atom is -0.484 e. The van der Waals surface area contributed by atoms with E-state index < -0.39 is 0 Å². The Kier molecular flexibility index (Phi) is 3.57. The van der Waals surface area contributed by atoms with Gasteiger partial charge in [0.2, 0.25) is 11.9 Å². The normalized spacial score (nSPS) is 10.7. The predicted molar refractivity (Wildman–Crippen MR) is 84.6 cm³/mol. The highest BCUT2D eigenvalue weighted by Crippen LogP contribution is 2.33. The minimum absolute atomic E-state index is 0.0821. The number of nitrogen functional groups attached to an aromatic ring is 2. The number of hydrogen-bond donors (Lipinski definition) is 2. The number of halogens is 1. The quantitative estimate of drug-likeness (QED) is 0.756. The van der Waals surface area contributed by atoms with Gasteiger partial charge in [-0.05, 0) is 32.8 Å². The molecule has 21 heavy (non-hydrogen) atoms. The van der Waals surface area contributed by atoms with Crippen molar-refractivity contribution in [3.8, 4) is 5.75 Å². The first kappa shape index (κ1) is 13.6. The van der Waals surface area contributed by atoms with E-state index in [9.17, 15) is 0 Å². The summed E-state index contributed by atoms with van der Waals surface area (Å²) in [6, 6.07) is 11.9. The summed E-state index contributed by atoms with van der Waals surface area (Å²) in [7, 11) is 0. The van der Waals surface area contributed by atoms with Gasteiger partial charge in [-0.15, -0.1) is 0 Å². The van der Waals surface area contributed by atoms with E-state index in [2.05, 4.69) is 30.9 Å². The molecule has 0 bridgehead atoms. The first-order valence-electron chi connectivity index (χ1n) is 6.19. The van der Waals surface area contributed by atoms with Crippen LogP contribution in [0.5, 0.6) is 5.75 Å². The zero-order valence-electron chi connectivity index (χ0n) is 11.0. The molecule has 1 aromatic heterocycles. The molecule has 0 fully saturated rings. The van der Waals surface area contributed by atoms with Crippen molar-refractivity contribution in [2.45, 2.75) is 6.61 Å². The fourth-order valence-corrected chi connectivity index (χ4v) is 2.60. The first-order chi connectivity index (χ1) is 10.1. The molecule has 0 spiro atoms. The Morgan fingerprint density at radius 1 is 0.952 bits per heavy atom. The van der Waals surface area contributed by atoms with Gasteiger partial charge in [-0.3, -0.25) is 0 Å². The van der Waals surface area contributed by atoms with Crippen LogP contribution in [0.1, 0.15) is 5.82 Å². The number of fused-ring (bicyclic) bond motifs is 1. The molecule has 0 atom stereocenters. The molecule has 0 unspecified atom stereocenters. The fourth-order valence-electron chi connectivity index (χ4n) is 1.99. The average Bonchev–Trinajstić information content (AvgIpc) is 2.46. The lowest BCUT2D eigenvalue weighted by atomic mass is 10.1. The van der Waals surface area contributed by atoms with Crippen LogP contribution >= 0.6 is 15.9 Å². The van der Waals surface area contributed by atoms with Crippen LogP contribution in [-0.4, -0.2) is 15.0 Å². The molecular formula is C14H12BrN5O. The maximum atomic E-state index is 5.73. The van der Waals surface area contributed by atoms with Gasteiger partial charge in [0.05, 0.1) is 4.47 Å². The first-order valence-corrected chi connectivity index (χ1v) is 6.99. The number of nitrogens with zero attached hydrogens (tertiary/aromatic N) is 3. The number of aromatic nitrogens is 3. The lowest BCUT2D eigenvalue weighted by molar-refractivity contribution is 0.294. The van der Waals surface area contributed by atoms with Crippen LogP contribution in [0.2, 0.25) is 0 Å². The van der Waals surface area contributed by atoms with E-state index in [1.807, 2.05) is 36.4 Å². The highest BCUT2D eigenvalue weighted by atomic mass is 79.9. The Morgan fingerprint density at radius 3 is 2.43 bits per heavy atom. The zero-order valence-corrected chi connectivity index (χ0v) is 12.5. The Bertz CT molecular complexity index is 788. The van der Waals surface area contributed by atoms with Crippen molar-refractivity contribution in [2.75, 3.05) is 11.5 Å². The van der Waals surface area contributed by atoms with Gasteiger partial charge in [0.15, 0.2) is 5.82 Å². The predicted octanol–water partition coefficient (Wildman–Crippen LogP) is 2.53. The van der Waals surface area contributed by atoms with Crippen LogP contribution in [0, 0.1) is 0 Å². The van der Waals surface area contributed by atoms with Crippen LogP contribution in [0.25, 0.3) is 10.8 Å². The van der Waals surface area contributed by atoms with E-state index in [0.29, 0.717) is 11.6 Å². The van der Waals surface area contributed by atoms with Gasteiger partial charge in [0.1, 0.15) is 12.4 Å². The second-order valence-electron chi connectivity index (χ2n) is 4.36. The van der Waals surface area contributed by atoms with Crippen molar-refractivity contribution < 1.29 is 4.74 Å². The molecular weight excluding hydrogens is 334 g/mol. The van der Waals surface area contributed by atoms with Crippen molar-refractivity contribution >= 4 is 38.6 Å². The van der Waals surface area contributed by atoms with E-state index in [1.165, 1.54) is 0 Å². The van der Waals surface area contributed by atoms with Gasteiger partial charge < -0.3 is 16.2 Å².